The molecule has 6 nitrogen and oxygen atoms in total. The number of nitrogens with zero attached hydrogens (tertiary/aromatic N) is 3. The van der Waals surface area contributed by atoms with Crippen LogP contribution >= 0.6 is 0 Å². The molecule has 2 N–H and O–H groups in total. The van der Waals surface area contributed by atoms with Gasteiger partial charge in [0.1, 0.15) is 5.82 Å². The summed E-state index contributed by atoms with van der Waals surface area (Å²) in [5.74, 6) is 3.23. The van der Waals surface area contributed by atoms with Gasteiger partial charge in [-0.05, 0) is 50.9 Å². The van der Waals surface area contributed by atoms with Gasteiger partial charge < -0.3 is 10.2 Å². The maximum absolute atomic E-state index is 12.1. The van der Waals surface area contributed by atoms with Gasteiger partial charge in [0, 0.05) is 30.5 Å². The number of aromatic nitrogens is 3. The largest absolute Gasteiger partial charge is 0.326 e. The van der Waals surface area contributed by atoms with Crippen LogP contribution in [0, 0.1) is 0 Å². The van der Waals surface area contributed by atoms with Gasteiger partial charge in [-0.3, -0.25) is 9.89 Å². The molecule has 0 spiro atoms. The summed E-state index contributed by atoms with van der Waals surface area (Å²) >= 11 is 0. The van der Waals surface area contributed by atoms with Crippen molar-refractivity contribution in [2.45, 2.75) is 43.9 Å². The van der Waals surface area contributed by atoms with Crippen LogP contribution in [0.3, 0.4) is 0 Å². The Morgan fingerprint density at radius 2 is 1.88 bits per heavy atom. The lowest BCUT2D eigenvalue weighted by molar-refractivity contribution is -0.116. The van der Waals surface area contributed by atoms with E-state index in [1.54, 1.807) is 0 Å². The highest BCUT2D eigenvalue weighted by Gasteiger charge is 2.30. The Labute approximate surface area is 148 Å². The lowest BCUT2D eigenvalue weighted by atomic mass is 9.96. The normalized spacial score (nSPS) is 19.0. The molecule has 6 heteroatoms. The van der Waals surface area contributed by atoms with E-state index in [1.165, 1.54) is 12.8 Å². The molecular formula is C19H25N5O. The van der Waals surface area contributed by atoms with Crippen LogP contribution in [0.5, 0.6) is 0 Å². The SMILES string of the molecule is O=C(CCN1CCC(c2nc(C3CC3)n[nH]2)CC1)Nc1ccccc1. The van der Waals surface area contributed by atoms with Crippen LogP contribution < -0.4 is 5.32 Å². The lowest BCUT2D eigenvalue weighted by Crippen LogP contribution is -2.35. The van der Waals surface area contributed by atoms with E-state index >= 15 is 0 Å². The molecule has 1 aromatic heterocycles. The molecule has 1 saturated heterocycles. The number of piperidine rings is 1. The van der Waals surface area contributed by atoms with Gasteiger partial charge in [-0.1, -0.05) is 18.2 Å². The number of hydrogen-bond acceptors (Lipinski definition) is 4. The summed E-state index contributed by atoms with van der Waals surface area (Å²) in [5.41, 5.74) is 0.864. The first-order valence-electron chi connectivity index (χ1n) is 9.27. The molecule has 1 aromatic carbocycles. The fourth-order valence-corrected chi connectivity index (χ4v) is 3.43. The van der Waals surface area contributed by atoms with Gasteiger partial charge >= 0.3 is 0 Å². The minimum atomic E-state index is 0.0811. The fourth-order valence-electron chi connectivity index (χ4n) is 3.43. The molecule has 2 aromatic rings. The Morgan fingerprint density at radius 3 is 2.60 bits per heavy atom. The van der Waals surface area contributed by atoms with Crippen molar-refractivity contribution in [3.05, 3.63) is 42.0 Å². The monoisotopic (exact) mass is 339 g/mol. The van der Waals surface area contributed by atoms with E-state index in [0.717, 1.165) is 49.8 Å². The van der Waals surface area contributed by atoms with Crippen molar-refractivity contribution in [3.63, 3.8) is 0 Å². The smallest absolute Gasteiger partial charge is 0.225 e. The van der Waals surface area contributed by atoms with Crippen LogP contribution in [0.15, 0.2) is 30.3 Å². The number of rotatable bonds is 6. The number of nitrogens with one attached hydrogen (secondary N) is 2. The quantitative estimate of drug-likeness (QED) is 0.849. The predicted octanol–water partition coefficient (Wildman–Crippen LogP) is 2.89. The number of hydrogen-bond donors (Lipinski definition) is 2. The zero-order valence-corrected chi connectivity index (χ0v) is 14.4. The summed E-state index contributed by atoms with van der Waals surface area (Å²) in [6.45, 7) is 2.85. The molecule has 132 valence electrons. The van der Waals surface area contributed by atoms with Gasteiger partial charge in [0.05, 0.1) is 0 Å². The molecule has 1 saturated carbocycles. The van der Waals surface area contributed by atoms with E-state index in [9.17, 15) is 4.79 Å². The van der Waals surface area contributed by atoms with Gasteiger partial charge in [0.25, 0.3) is 0 Å². The number of H-pyrrole nitrogens is 1. The summed E-state index contributed by atoms with van der Waals surface area (Å²) in [6.07, 6.45) is 5.18. The molecule has 1 amide bonds. The van der Waals surface area contributed by atoms with Gasteiger partial charge in [-0.25, -0.2) is 4.98 Å². The van der Waals surface area contributed by atoms with Crippen LogP contribution in [-0.2, 0) is 4.79 Å². The number of para-hydroxylation sites is 1. The summed E-state index contributed by atoms with van der Waals surface area (Å²) < 4.78 is 0. The fraction of sp³-hybridized carbons (Fsp3) is 0.526. The second-order valence-electron chi connectivity index (χ2n) is 7.13. The third kappa shape index (κ3) is 4.25. The van der Waals surface area contributed by atoms with Crippen molar-refractivity contribution in [1.29, 1.82) is 0 Å². The first kappa shape index (κ1) is 16.3. The molecular weight excluding hydrogens is 314 g/mol. The number of likely N-dealkylation sites (tertiary alicyclic amines) is 1. The molecule has 0 radical (unpaired) electrons. The second-order valence-corrected chi connectivity index (χ2v) is 7.13. The number of carbonyl (C=O) groups is 1. The minimum absolute atomic E-state index is 0.0811. The highest BCUT2D eigenvalue weighted by atomic mass is 16.1. The molecule has 0 bridgehead atoms. The summed E-state index contributed by atoms with van der Waals surface area (Å²) in [5, 5.41) is 10.5. The Morgan fingerprint density at radius 1 is 1.12 bits per heavy atom. The maximum Gasteiger partial charge on any atom is 0.225 e. The number of benzene rings is 1. The van der Waals surface area contributed by atoms with Crippen LogP contribution in [0.4, 0.5) is 5.69 Å². The lowest BCUT2D eigenvalue weighted by Gasteiger charge is -2.30. The Hall–Kier alpha value is -2.21. The average molecular weight is 339 g/mol. The van der Waals surface area contributed by atoms with E-state index in [2.05, 4.69) is 20.4 Å². The maximum atomic E-state index is 12.1. The third-order valence-electron chi connectivity index (χ3n) is 5.15. The van der Waals surface area contributed by atoms with Gasteiger partial charge in [0.15, 0.2) is 5.82 Å². The van der Waals surface area contributed by atoms with E-state index in [0.29, 0.717) is 18.3 Å². The molecule has 2 aliphatic rings. The highest BCUT2D eigenvalue weighted by Crippen LogP contribution is 2.38. The first-order valence-corrected chi connectivity index (χ1v) is 9.27. The predicted molar refractivity (Wildman–Crippen MR) is 96.5 cm³/mol. The molecule has 0 atom stereocenters. The van der Waals surface area contributed by atoms with Crippen molar-refractivity contribution in [1.82, 2.24) is 20.1 Å². The van der Waals surface area contributed by atoms with Crippen molar-refractivity contribution in [3.8, 4) is 0 Å². The Bertz CT molecular complexity index is 702. The van der Waals surface area contributed by atoms with Crippen LogP contribution in [0.1, 0.15) is 55.6 Å². The Kier molecular flexibility index (Phi) is 4.78. The van der Waals surface area contributed by atoms with Gasteiger partial charge in [-0.15, -0.1) is 0 Å². The number of aromatic amines is 1. The van der Waals surface area contributed by atoms with Crippen molar-refractivity contribution < 1.29 is 4.79 Å². The third-order valence-corrected chi connectivity index (χ3v) is 5.15. The van der Waals surface area contributed by atoms with Crippen LogP contribution in [-0.4, -0.2) is 45.6 Å². The zero-order chi connectivity index (χ0) is 17.1. The summed E-state index contributed by atoms with van der Waals surface area (Å²) in [4.78, 5) is 19.1. The van der Waals surface area contributed by atoms with Gasteiger partial charge in [0.2, 0.25) is 5.91 Å². The molecule has 25 heavy (non-hydrogen) atoms. The number of anilines is 1. The molecule has 1 aliphatic heterocycles. The second kappa shape index (κ2) is 7.35. The van der Waals surface area contributed by atoms with E-state index < -0.39 is 0 Å². The van der Waals surface area contributed by atoms with Gasteiger partial charge in [-0.2, -0.15) is 5.10 Å². The minimum Gasteiger partial charge on any atom is -0.326 e. The van der Waals surface area contributed by atoms with E-state index in [1.807, 2.05) is 30.3 Å². The Balaban J connectivity index is 1.20. The van der Waals surface area contributed by atoms with Crippen molar-refractivity contribution >= 4 is 11.6 Å². The molecule has 1 aliphatic carbocycles. The topological polar surface area (TPSA) is 73.9 Å². The van der Waals surface area contributed by atoms with E-state index in [-0.39, 0.29) is 5.91 Å². The number of amides is 1. The number of carbonyl (C=O) groups excluding carboxylic acids is 1. The summed E-state index contributed by atoms with van der Waals surface area (Å²) in [7, 11) is 0. The average Bonchev–Trinajstić information content (AvgIpc) is 3.38. The molecule has 0 unspecified atom stereocenters. The molecule has 4 rings (SSSR count). The van der Waals surface area contributed by atoms with Crippen LogP contribution in [0.2, 0.25) is 0 Å². The molecule has 2 fully saturated rings. The van der Waals surface area contributed by atoms with Crippen molar-refractivity contribution in [2.24, 2.45) is 0 Å². The van der Waals surface area contributed by atoms with Crippen LogP contribution in [0.25, 0.3) is 0 Å². The van der Waals surface area contributed by atoms with E-state index in [4.69, 9.17) is 4.98 Å². The van der Waals surface area contributed by atoms with Crippen molar-refractivity contribution in [2.75, 3.05) is 25.0 Å². The molecule has 2 heterocycles. The zero-order valence-electron chi connectivity index (χ0n) is 14.4. The summed E-state index contributed by atoms with van der Waals surface area (Å²) in [6, 6.07) is 9.63. The first-order chi connectivity index (χ1) is 12.3. The standard InChI is InChI=1S/C19H25N5O/c25-17(20-16-4-2-1-3-5-16)10-13-24-11-8-15(9-12-24)19-21-18(22-23-19)14-6-7-14/h1-5,14-15H,6-13H2,(H,20,25)(H,21,22,23). The highest BCUT2D eigenvalue weighted by molar-refractivity contribution is 5.90.